The second-order valence-corrected chi connectivity index (χ2v) is 9.92. The van der Waals surface area contributed by atoms with E-state index < -0.39 is 9.84 Å². The second kappa shape index (κ2) is 8.63. The van der Waals surface area contributed by atoms with E-state index in [4.69, 9.17) is 0 Å². The van der Waals surface area contributed by atoms with E-state index >= 15 is 0 Å². The molecule has 0 aliphatic carbocycles. The van der Waals surface area contributed by atoms with Crippen molar-refractivity contribution in [3.8, 4) is 0 Å². The Morgan fingerprint density at radius 2 is 1.87 bits per heavy atom. The molecular weight excluding hydrogens is 308 g/mol. The standard InChI is InChI=1S/C18H34N2O2S/c1-16(2)5-4-6-17(3)7-9-19-10-12-20(13-11-19)18-8-14-23(21,22)15-18/h5,17-18H,4,6-15H2,1-3H3/t17-,18-/m0/s1. The van der Waals surface area contributed by atoms with Crippen LogP contribution in [0.5, 0.6) is 0 Å². The molecule has 0 amide bonds. The van der Waals surface area contributed by atoms with Crippen molar-refractivity contribution in [2.45, 2.75) is 52.5 Å². The van der Waals surface area contributed by atoms with E-state index in [-0.39, 0.29) is 6.04 Å². The van der Waals surface area contributed by atoms with E-state index in [2.05, 4.69) is 36.6 Å². The molecule has 2 fully saturated rings. The van der Waals surface area contributed by atoms with Gasteiger partial charge in [-0.1, -0.05) is 18.6 Å². The van der Waals surface area contributed by atoms with E-state index in [1.165, 1.54) is 31.4 Å². The van der Waals surface area contributed by atoms with E-state index in [9.17, 15) is 8.42 Å². The highest BCUT2D eigenvalue weighted by Gasteiger charge is 2.33. The summed E-state index contributed by atoms with van der Waals surface area (Å²) in [7, 11) is -2.75. The summed E-state index contributed by atoms with van der Waals surface area (Å²) < 4.78 is 23.2. The largest absolute Gasteiger partial charge is 0.301 e. The summed E-state index contributed by atoms with van der Waals surface area (Å²) >= 11 is 0. The second-order valence-electron chi connectivity index (χ2n) is 7.69. The van der Waals surface area contributed by atoms with E-state index in [1.54, 1.807) is 0 Å². The normalized spacial score (nSPS) is 27.0. The van der Waals surface area contributed by atoms with Crippen LogP contribution in [0.1, 0.15) is 46.5 Å². The summed E-state index contributed by atoms with van der Waals surface area (Å²) in [6.45, 7) is 12.1. The van der Waals surface area contributed by atoms with E-state index in [1.807, 2.05) is 0 Å². The number of piperazine rings is 1. The lowest BCUT2D eigenvalue weighted by Crippen LogP contribution is -2.50. The van der Waals surface area contributed by atoms with Crippen molar-refractivity contribution in [3.05, 3.63) is 11.6 Å². The van der Waals surface area contributed by atoms with E-state index in [0.717, 1.165) is 38.5 Å². The van der Waals surface area contributed by atoms with Crippen LogP contribution in [0.2, 0.25) is 0 Å². The van der Waals surface area contributed by atoms with Crippen LogP contribution in [0.3, 0.4) is 0 Å². The van der Waals surface area contributed by atoms with Gasteiger partial charge in [-0.25, -0.2) is 8.42 Å². The van der Waals surface area contributed by atoms with Gasteiger partial charge in [0, 0.05) is 32.2 Å². The number of nitrogens with zero attached hydrogens (tertiary/aromatic N) is 2. The van der Waals surface area contributed by atoms with Crippen LogP contribution in [0.15, 0.2) is 11.6 Å². The van der Waals surface area contributed by atoms with Crippen molar-refractivity contribution >= 4 is 9.84 Å². The molecule has 5 heteroatoms. The van der Waals surface area contributed by atoms with Crippen LogP contribution in [0.4, 0.5) is 0 Å². The molecular formula is C18H34N2O2S. The summed E-state index contributed by atoms with van der Waals surface area (Å²) in [4.78, 5) is 4.96. The average Bonchev–Trinajstić information content (AvgIpc) is 2.85. The van der Waals surface area contributed by atoms with Gasteiger partial charge >= 0.3 is 0 Å². The molecule has 4 nitrogen and oxygen atoms in total. The molecule has 23 heavy (non-hydrogen) atoms. The predicted molar refractivity (Wildman–Crippen MR) is 97.5 cm³/mol. The minimum absolute atomic E-state index is 0.283. The van der Waals surface area contributed by atoms with Gasteiger partial charge in [0.2, 0.25) is 0 Å². The SMILES string of the molecule is CC(C)=CCC[C@H](C)CCN1CCN([C@H]2CCS(=O)(=O)C2)CC1. The van der Waals surface area contributed by atoms with Gasteiger partial charge in [-0.05, 0) is 52.0 Å². The van der Waals surface area contributed by atoms with Crippen molar-refractivity contribution in [2.75, 3.05) is 44.2 Å². The Kier molecular flexibility index (Phi) is 7.11. The quantitative estimate of drug-likeness (QED) is 0.667. The fraction of sp³-hybridized carbons (Fsp3) is 0.889. The first kappa shape index (κ1) is 18.9. The van der Waals surface area contributed by atoms with Crippen molar-refractivity contribution in [1.82, 2.24) is 9.80 Å². The molecule has 0 aromatic rings. The van der Waals surface area contributed by atoms with Gasteiger partial charge in [-0.2, -0.15) is 0 Å². The molecule has 2 heterocycles. The van der Waals surface area contributed by atoms with Crippen LogP contribution < -0.4 is 0 Å². The summed E-state index contributed by atoms with van der Waals surface area (Å²) in [5, 5.41) is 0. The van der Waals surface area contributed by atoms with Crippen LogP contribution in [-0.2, 0) is 9.84 Å². The van der Waals surface area contributed by atoms with Crippen molar-refractivity contribution < 1.29 is 8.42 Å². The molecule has 2 saturated heterocycles. The van der Waals surface area contributed by atoms with Gasteiger partial charge in [0.1, 0.15) is 0 Å². The number of allylic oxidation sites excluding steroid dienone is 2. The zero-order valence-electron chi connectivity index (χ0n) is 15.1. The summed E-state index contributed by atoms with van der Waals surface area (Å²) in [6, 6.07) is 0.283. The Labute approximate surface area is 142 Å². The highest BCUT2D eigenvalue weighted by atomic mass is 32.2. The Balaban J connectivity index is 1.62. The fourth-order valence-electron chi connectivity index (χ4n) is 3.62. The third-order valence-corrected chi connectivity index (χ3v) is 7.03. The molecule has 2 aliphatic heterocycles. The lowest BCUT2D eigenvalue weighted by molar-refractivity contribution is 0.101. The van der Waals surface area contributed by atoms with Gasteiger partial charge in [0.05, 0.1) is 11.5 Å². The lowest BCUT2D eigenvalue weighted by atomic mass is 10.0. The Morgan fingerprint density at radius 1 is 1.17 bits per heavy atom. The molecule has 0 saturated carbocycles. The maximum absolute atomic E-state index is 11.6. The Hall–Kier alpha value is -0.390. The minimum atomic E-state index is -2.75. The first-order chi connectivity index (χ1) is 10.9. The maximum Gasteiger partial charge on any atom is 0.151 e. The molecule has 0 radical (unpaired) electrons. The minimum Gasteiger partial charge on any atom is -0.301 e. The van der Waals surface area contributed by atoms with Gasteiger partial charge < -0.3 is 4.90 Å². The third-order valence-electron chi connectivity index (χ3n) is 5.28. The summed E-state index contributed by atoms with van der Waals surface area (Å²) in [5.41, 5.74) is 1.42. The molecule has 0 bridgehead atoms. The van der Waals surface area contributed by atoms with Crippen molar-refractivity contribution in [1.29, 1.82) is 0 Å². The van der Waals surface area contributed by atoms with Crippen molar-refractivity contribution in [2.24, 2.45) is 5.92 Å². The summed E-state index contributed by atoms with van der Waals surface area (Å²) in [5.74, 6) is 1.55. The van der Waals surface area contributed by atoms with E-state index in [0.29, 0.717) is 11.5 Å². The summed E-state index contributed by atoms with van der Waals surface area (Å²) in [6.07, 6.45) is 6.93. The van der Waals surface area contributed by atoms with Gasteiger partial charge in [0.15, 0.2) is 9.84 Å². The zero-order valence-corrected chi connectivity index (χ0v) is 15.9. The number of hydrogen-bond acceptors (Lipinski definition) is 4. The number of hydrogen-bond donors (Lipinski definition) is 0. The van der Waals surface area contributed by atoms with Crippen LogP contribution >= 0.6 is 0 Å². The average molecular weight is 343 g/mol. The molecule has 0 aromatic heterocycles. The molecule has 0 unspecified atom stereocenters. The van der Waals surface area contributed by atoms with Crippen LogP contribution in [-0.4, -0.2) is 68.5 Å². The van der Waals surface area contributed by atoms with Gasteiger partial charge in [0.25, 0.3) is 0 Å². The first-order valence-electron chi connectivity index (χ1n) is 9.16. The molecule has 0 aromatic carbocycles. The lowest BCUT2D eigenvalue weighted by Gasteiger charge is -2.38. The monoisotopic (exact) mass is 342 g/mol. The molecule has 2 aliphatic rings. The van der Waals surface area contributed by atoms with Gasteiger partial charge in [-0.15, -0.1) is 0 Å². The molecule has 0 N–H and O–H groups in total. The van der Waals surface area contributed by atoms with Crippen LogP contribution in [0.25, 0.3) is 0 Å². The predicted octanol–water partition coefficient (Wildman–Crippen LogP) is 2.56. The van der Waals surface area contributed by atoms with Crippen LogP contribution in [0, 0.1) is 5.92 Å². The Bertz CT molecular complexity index is 489. The number of rotatable bonds is 7. The third kappa shape index (κ3) is 6.55. The van der Waals surface area contributed by atoms with Crippen molar-refractivity contribution in [3.63, 3.8) is 0 Å². The zero-order chi connectivity index (χ0) is 16.9. The molecule has 0 spiro atoms. The number of sulfone groups is 1. The molecule has 2 rings (SSSR count). The highest BCUT2D eigenvalue weighted by molar-refractivity contribution is 7.91. The maximum atomic E-state index is 11.6. The smallest absolute Gasteiger partial charge is 0.151 e. The molecule has 2 atom stereocenters. The Morgan fingerprint density at radius 3 is 2.43 bits per heavy atom. The fourth-order valence-corrected chi connectivity index (χ4v) is 5.38. The topological polar surface area (TPSA) is 40.6 Å². The highest BCUT2D eigenvalue weighted by Crippen LogP contribution is 2.20. The molecule has 134 valence electrons. The first-order valence-corrected chi connectivity index (χ1v) is 11.0. The van der Waals surface area contributed by atoms with Gasteiger partial charge in [-0.3, -0.25) is 4.90 Å².